The maximum absolute atomic E-state index is 12.4. The number of ether oxygens (including phenoxy) is 2. The molecular formula is C18H20N2O4. The normalized spacial score (nSPS) is 10.0. The van der Waals surface area contributed by atoms with E-state index < -0.39 is 0 Å². The lowest BCUT2D eigenvalue weighted by Gasteiger charge is -2.15. The van der Waals surface area contributed by atoms with Gasteiger partial charge in [0.1, 0.15) is 11.5 Å². The summed E-state index contributed by atoms with van der Waals surface area (Å²) in [6.07, 6.45) is 0. The molecule has 0 bridgehead atoms. The molecule has 2 rings (SSSR count). The Hall–Kier alpha value is -3.02. The van der Waals surface area contributed by atoms with Crippen LogP contribution in [0.25, 0.3) is 0 Å². The third-order valence-corrected chi connectivity index (χ3v) is 3.50. The predicted octanol–water partition coefficient (Wildman–Crippen LogP) is 3.22. The van der Waals surface area contributed by atoms with Crippen LogP contribution in [0.2, 0.25) is 0 Å². The van der Waals surface area contributed by atoms with E-state index in [1.807, 2.05) is 6.92 Å². The third kappa shape index (κ3) is 3.84. The van der Waals surface area contributed by atoms with Gasteiger partial charge in [-0.05, 0) is 43.3 Å². The second-order valence-corrected chi connectivity index (χ2v) is 5.19. The Morgan fingerprint density at radius 3 is 2.12 bits per heavy atom. The van der Waals surface area contributed by atoms with Gasteiger partial charge in [0.15, 0.2) is 0 Å². The fourth-order valence-corrected chi connectivity index (χ4v) is 2.36. The Kier molecular flexibility index (Phi) is 5.42. The minimum atomic E-state index is -0.271. The second kappa shape index (κ2) is 7.50. The van der Waals surface area contributed by atoms with Crippen LogP contribution in [0.4, 0.5) is 11.4 Å². The summed E-state index contributed by atoms with van der Waals surface area (Å²) in [6, 6.07) is 10.1. The Morgan fingerprint density at radius 1 is 0.917 bits per heavy atom. The topological polar surface area (TPSA) is 76.7 Å². The van der Waals surface area contributed by atoms with E-state index in [0.29, 0.717) is 28.4 Å². The average Bonchev–Trinajstić information content (AvgIpc) is 2.55. The molecule has 0 aromatic heterocycles. The van der Waals surface area contributed by atoms with Gasteiger partial charge in [-0.25, -0.2) is 0 Å². The molecule has 0 aliphatic rings. The first-order valence-electron chi connectivity index (χ1n) is 7.37. The van der Waals surface area contributed by atoms with E-state index in [1.54, 1.807) is 50.6 Å². The highest BCUT2D eigenvalue weighted by molar-refractivity contribution is 6.05. The van der Waals surface area contributed by atoms with Crippen LogP contribution in [0.15, 0.2) is 36.4 Å². The standard InChI is InChI=1S/C18H20N2O4/c1-11-16(23-3)10-9-15(17(11)24-4)20-18(22)13-5-7-14(8-6-13)19-12(2)21/h5-10H,1-4H3,(H,19,21)(H,20,22). The zero-order chi connectivity index (χ0) is 17.7. The maximum atomic E-state index is 12.4. The van der Waals surface area contributed by atoms with Crippen LogP contribution in [-0.2, 0) is 4.79 Å². The van der Waals surface area contributed by atoms with Crippen LogP contribution in [0.3, 0.4) is 0 Å². The molecule has 24 heavy (non-hydrogen) atoms. The Balaban J connectivity index is 2.20. The molecule has 0 radical (unpaired) electrons. The molecular weight excluding hydrogens is 308 g/mol. The number of benzene rings is 2. The molecule has 0 unspecified atom stereocenters. The lowest BCUT2D eigenvalue weighted by molar-refractivity contribution is -0.114. The van der Waals surface area contributed by atoms with Gasteiger partial charge in [-0.1, -0.05) is 0 Å². The predicted molar refractivity (Wildman–Crippen MR) is 93.0 cm³/mol. The van der Waals surface area contributed by atoms with Crippen LogP contribution in [0.1, 0.15) is 22.8 Å². The Morgan fingerprint density at radius 2 is 1.58 bits per heavy atom. The highest BCUT2D eigenvalue weighted by Crippen LogP contribution is 2.35. The van der Waals surface area contributed by atoms with E-state index >= 15 is 0 Å². The molecule has 2 aromatic carbocycles. The number of carbonyl (C=O) groups is 2. The van der Waals surface area contributed by atoms with Crippen LogP contribution in [0, 0.1) is 6.92 Å². The summed E-state index contributed by atoms with van der Waals surface area (Å²) >= 11 is 0. The van der Waals surface area contributed by atoms with Crippen LogP contribution in [0.5, 0.6) is 11.5 Å². The minimum absolute atomic E-state index is 0.161. The van der Waals surface area contributed by atoms with Crippen molar-refractivity contribution in [3.63, 3.8) is 0 Å². The molecule has 0 aliphatic carbocycles. The molecule has 0 heterocycles. The van der Waals surface area contributed by atoms with Crippen molar-refractivity contribution >= 4 is 23.2 Å². The SMILES string of the molecule is COc1ccc(NC(=O)c2ccc(NC(C)=O)cc2)c(OC)c1C. The Bertz CT molecular complexity index is 754. The van der Waals surface area contributed by atoms with Gasteiger partial charge in [0.2, 0.25) is 5.91 Å². The molecule has 0 fully saturated rings. The van der Waals surface area contributed by atoms with Gasteiger partial charge in [0.25, 0.3) is 5.91 Å². The van der Waals surface area contributed by atoms with Crippen LogP contribution < -0.4 is 20.1 Å². The average molecular weight is 328 g/mol. The van der Waals surface area contributed by atoms with Gasteiger partial charge >= 0.3 is 0 Å². The van der Waals surface area contributed by atoms with Crippen LogP contribution in [-0.4, -0.2) is 26.0 Å². The van der Waals surface area contributed by atoms with Gasteiger partial charge in [-0.2, -0.15) is 0 Å². The maximum Gasteiger partial charge on any atom is 0.255 e. The van der Waals surface area contributed by atoms with Crippen molar-refractivity contribution < 1.29 is 19.1 Å². The fourth-order valence-electron chi connectivity index (χ4n) is 2.36. The third-order valence-electron chi connectivity index (χ3n) is 3.50. The monoisotopic (exact) mass is 328 g/mol. The van der Waals surface area contributed by atoms with Crippen molar-refractivity contribution in [2.45, 2.75) is 13.8 Å². The van der Waals surface area contributed by atoms with E-state index in [0.717, 1.165) is 5.56 Å². The molecule has 0 spiro atoms. The van der Waals surface area contributed by atoms with E-state index in [4.69, 9.17) is 9.47 Å². The van der Waals surface area contributed by atoms with Crippen molar-refractivity contribution in [1.29, 1.82) is 0 Å². The zero-order valence-electron chi connectivity index (χ0n) is 14.1. The first-order chi connectivity index (χ1) is 11.5. The van der Waals surface area contributed by atoms with E-state index in [-0.39, 0.29) is 11.8 Å². The van der Waals surface area contributed by atoms with Crippen molar-refractivity contribution in [3.05, 3.63) is 47.5 Å². The van der Waals surface area contributed by atoms with Gasteiger partial charge in [0.05, 0.1) is 19.9 Å². The lowest BCUT2D eigenvalue weighted by Crippen LogP contribution is -2.13. The summed E-state index contributed by atoms with van der Waals surface area (Å²) in [4.78, 5) is 23.4. The van der Waals surface area contributed by atoms with Crippen molar-refractivity contribution in [2.75, 3.05) is 24.9 Å². The number of hydrogen-bond donors (Lipinski definition) is 2. The second-order valence-electron chi connectivity index (χ2n) is 5.19. The molecule has 126 valence electrons. The smallest absolute Gasteiger partial charge is 0.255 e. The van der Waals surface area contributed by atoms with E-state index in [2.05, 4.69) is 10.6 Å². The quantitative estimate of drug-likeness (QED) is 0.883. The molecule has 0 saturated heterocycles. The van der Waals surface area contributed by atoms with E-state index in [9.17, 15) is 9.59 Å². The largest absolute Gasteiger partial charge is 0.496 e. The first kappa shape index (κ1) is 17.3. The number of anilines is 2. The fraction of sp³-hybridized carbons (Fsp3) is 0.222. The van der Waals surface area contributed by atoms with Crippen molar-refractivity contribution in [3.8, 4) is 11.5 Å². The summed E-state index contributed by atoms with van der Waals surface area (Å²) in [5.74, 6) is 0.806. The minimum Gasteiger partial charge on any atom is -0.496 e. The number of hydrogen-bond acceptors (Lipinski definition) is 4. The lowest BCUT2D eigenvalue weighted by atomic mass is 10.1. The number of rotatable bonds is 5. The first-order valence-corrected chi connectivity index (χ1v) is 7.37. The number of carbonyl (C=O) groups excluding carboxylic acids is 2. The van der Waals surface area contributed by atoms with Gasteiger partial charge in [-0.15, -0.1) is 0 Å². The van der Waals surface area contributed by atoms with Crippen molar-refractivity contribution in [1.82, 2.24) is 0 Å². The van der Waals surface area contributed by atoms with Crippen molar-refractivity contribution in [2.24, 2.45) is 0 Å². The summed E-state index contributed by atoms with van der Waals surface area (Å²) in [6.45, 7) is 3.29. The highest BCUT2D eigenvalue weighted by atomic mass is 16.5. The summed E-state index contributed by atoms with van der Waals surface area (Å²) < 4.78 is 10.6. The molecule has 0 aliphatic heterocycles. The molecule has 2 aromatic rings. The number of amides is 2. The van der Waals surface area contributed by atoms with E-state index in [1.165, 1.54) is 6.92 Å². The van der Waals surface area contributed by atoms with Crippen LogP contribution >= 0.6 is 0 Å². The highest BCUT2D eigenvalue weighted by Gasteiger charge is 2.14. The van der Waals surface area contributed by atoms with Gasteiger partial charge in [0, 0.05) is 23.7 Å². The molecule has 6 nitrogen and oxygen atoms in total. The zero-order valence-corrected chi connectivity index (χ0v) is 14.1. The molecule has 6 heteroatoms. The summed E-state index contributed by atoms with van der Waals surface area (Å²) in [5, 5.41) is 5.48. The number of nitrogens with one attached hydrogen (secondary N) is 2. The summed E-state index contributed by atoms with van der Waals surface area (Å²) in [7, 11) is 3.12. The molecule has 2 amide bonds. The summed E-state index contributed by atoms with van der Waals surface area (Å²) in [5.41, 5.74) is 2.47. The Labute approximate surface area is 140 Å². The molecule has 0 saturated carbocycles. The van der Waals surface area contributed by atoms with Gasteiger partial charge < -0.3 is 20.1 Å². The van der Waals surface area contributed by atoms with Gasteiger partial charge in [-0.3, -0.25) is 9.59 Å². The number of methoxy groups -OCH3 is 2. The molecule has 0 atom stereocenters. The molecule has 2 N–H and O–H groups in total.